The Morgan fingerprint density at radius 1 is 1.25 bits per heavy atom. The number of nitrogens with zero attached hydrogens (tertiary/aromatic N) is 6. The molecule has 0 saturated heterocycles. The summed E-state index contributed by atoms with van der Waals surface area (Å²) < 4.78 is 7.59. The molecule has 0 bridgehead atoms. The number of nitrogens with one attached hydrogen (secondary N) is 1. The van der Waals surface area contributed by atoms with Crippen molar-refractivity contribution in [1.82, 2.24) is 35.2 Å². The summed E-state index contributed by atoms with van der Waals surface area (Å²) in [5.41, 5.74) is 9.84. The van der Waals surface area contributed by atoms with E-state index in [2.05, 4.69) is 30.5 Å². The molecule has 0 aliphatic carbocycles. The first-order valence-electron chi connectivity index (χ1n) is 7.25. The first kappa shape index (κ1) is 14.1. The molecule has 0 amide bonds. The van der Waals surface area contributed by atoms with Gasteiger partial charge in [0.05, 0.1) is 5.69 Å². The summed E-state index contributed by atoms with van der Waals surface area (Å²) in [6.07, 6.45) is 3.16. The first-order chi connectivity index (χ1) is 11.7. The Kier molecular flexibility index (Phi) is 3.30. The molecular formula is C15H14N8O. The van der Waals surface area contributed by atoms with Gasteiger partial charge in [-0.25, -0.2) is 14.6 Å². The van der Waals surface area contributed by atoms with Gasteiger partial charge in [0.1, 0.15) is 25.1 Å². The number of H-pyrrole nitrogens is 1. The van der Waals surface area contributed by atoms with Gasteiger partial charge in [-0.05, 0) is 30.2 Å². The molecule has 120 valence electrons. The second kappa shape index (κ2) is 5.61. The highest BCUT2D eigenvalue weighted by Crippen LogP contribution is 2.24. The predicted octanol–water partition coefficient (Wildman–Crippen LogP) is 1.40. The van der Waals surface area contributed by atoms with E-state index < -0.39 is 0 Å². The van der Waals surface area contributed by atoms with Crippen LogP contribution < -0.4 is 10.5 Å². The first-order valence-corrected chi connectivity index (χ1v) is 7.25. The third kappa shape index (κ3) is 2.51. The number of anilines is 1. The zero-order chi connectivity index (χ0) is 16.5. The number of fused-ring (bicyclic) bond motifs is 1. The van der Waals surface area contributed by atoms with Crippen molar-refractivity contribution in [2.75, 3.05) is 5.73 Å². The summed E-state index contributed by atoms with van der Waals surface area (Å²) in [6.45, 7) is 2.40. The molecule has 0 fully saturated rings. The summed E-state index contributed by atoms with van der Waals surface area (Å²) in [4.78, 5) is 8.04. The van der Waals surface area contributed by atoms with Crippen LogP contribution in [0.5, 0.6) is 5.75 Å². The Bertz CT molecular complexity index is 992. The molecule has 9 heteroatoms. The summed E-state index contributed by atoms with van der Waals surface area (Å²) >= 11 is 0. The van der Waals surface area contributed by atoms with Crippen molar-refractivity contribution in [3.05, 3.63) is 48.0 Å². The van der Waals surface area contributed by atoms with Crippen LogP contribution in [0.4, 0.5) is 5.82 Å². The van der Waals surface area contributed by atoms with Crippen molar-refractivity contribution in [3.8, 4) is 11.4 Å². The van der Waals surface area contributed by atoms with Crippen molar-refractivity contribution in [2.24, 2.45) is 0 Å². The number of ether oxygens (including phenoxy) is 1. The molecular weight excluding hydrogens is 308 g/mol. The van der Waals surface area contributed by atoms with Crippen molar-refractivity contribution in [3.63, 3.8) is 0 Å². The molecule has 0 atom stereocenters. The van der Waals surface area contributed by atoms with Gasteiger partial charge in [-0.15, -0.1) is 5.10 Å². The second-order valence-corrected chi connectivity index (χ2v) is 5.28. The molecule has 0 aliphatic heterocycles. The lowest BCUT2D eigenvalue weighted by atomic mass is 10.1. The van der Waals surface area contributed by atoms with Crippen molar-refractivity contribution in [2.45, 2.75) is 13.5 Å². The van der Waals surface area contributed by atoms with Crippen LogP contribution in [0.15, 0.2) is 36.9 Å². The zero-order valence-electron chi connectivity index (χ0n) is 12.8. The van der Waals surface area contributed by atoms with E-state index in [4.69, 9.17) is 10.5 Å². The van der Waals surface area contributed by atoms with Crippen molar-refractivity contribution < 1.29 is 4.74 Å². The topological polar surface area (TPSA) is 120 Å². The molecule has 0 spiro atoms. The van der Waals surface area contributed by atoms with E-state index in [1.165, 1.54) is 6.33 Å². The molecule has 3 N–H and O–H groups in total. The van der Waals surface area contributed by atoms with E-state index in [1.54, 1.807) is 17.1 Å². The van der Waals surface area contributed by atoms with E-state index in [1.807, 2.05) is 25.1 Å². The van der Waals surface area contributed by atoms with Crippen LogP contribution in [-0.4, -0.2) is 35.2 Å². The Morgan fingerprint density at radius 2 is 2.17 bits per heavy atom. The van der Waals surface area contributed by atoms with Gasteiger partial charge in [0.2, 0.25) is 5.65 Å². The Balaban J connectivity index is 1.58. The lowest BCUT2D eigenvalue weighted by Crippen LogP contribution is -2.02. The third-order valence-electron chi connectivity index (χ3n) is 3.67. The van der Waals surface area contributed by atoms with Gasteiger partial charge in [-0.1, -0.05) is 6.07 Å². The maximum atomic E-state index is 5.88. The van der Waals surface area contributed by atoms with E-state index in [0.717, 1.165) is 16.8 Å². The minimum Gasteiger partial charge on any atom is -0.486 e. The summed E-state index contributed by atoms with van der Waals surface area (Å²) in [5, 5.41) is 14.6. The van der Waals surface area contributed by atoms with Gasteiger partial charge in [0.25, 0.3) is 0 Å². The fourth-order valence-corrected chi connectivity index (χ4v) is 2.42. The maximum Gasteiger partial charge on any atom is 0.207 e. The highest BCUT2D eigenvalue weighted by atomic mass is 16.5. The number of benzene rings is 1. The van der Waals surface area contributed by atoms with E-state index in [0.29, 0.717) is 29.3 Å². The number of hydrogen-bond donors (Lipinski definition) is 2. The second-order valence-electron chi connectivity index (χ2n) is 5.28. The van der Waals surface area contributed by atoms with E-state index >= 15 is 0 Å². The number of hydrogen-bond acceptors (Lipinski definition) is 7. The number of aryl methyl sites for hydroxylation is 1. The quantitative estimate of drug-likeness (QED) is 0.582. The molecule has 3 heterocycles. The highest BCUT2D eigenvalue weighted by Gasteiger charge is 2.11. The fourth-order valence-electron chi connectivity index (χ4n) is 2.42. The standard InChI is InChI=1S/C15H14N8O/c1-9-4-11(23-8-17-7-18-23)3-2-10(9)6-24-12-5-13(16)19-15-14(12)20-22-21-15/h2-5,7-8H,6H2,1H3,(H3,16,19,20,21,22). The molecule has 1 aromatic carbocycles. The Labute approximate surface area is 136 Å². The number of nitrogens with two attached hydrogens (primary N) is 1. The zero-order valence-corrected chi connectivity index (χ0v) is 12.8. The van der Waals surface area contributed by atoms with Gasteiger partial charge < -0.3 is 10.5 Å². The Morgan fingerprint density at radius 3 is 2.96 bits per heavy atom. The smallest absolute Gasteiger partial charge is 0.207 e. The molecule has 4 aromatic rings. The van der Waals surface area contributed by atoms with Crippen LogP contribution >= 0.6 is 0 Å². The number of rotatable bonds is 4. The maximum absolute atomic E-state index is 5.88. The summed E-state index contributed by atoms with van der Waals surface area (Å²) in [5.74, 6) is 0.885. The van der Waals surface area contributed by atoms with E-state index in [-0.39, 0.29) is 0 Å². The van der Waals surface area contributed by atoms with Crippen LogP contribution in [0.25, 0.3) is 16.9 Å². The lowest BCUT2D eigenvalue weighted by Gasteiger charge is -2.11. The summed E-state index contributed by atoms with van der Waals surface area (Å²) in [7, 11) is 0. The lowest BCUT2D eigenvalue weighted by molar-refractivity contribution is 0.308. The minimum atomic E-state index is 0.338. The van der Waals surface area contributed by atoms with E-state index in [9.17, 15) is 0 Å². The van der Waals surface area contributed by atoms with Crippen molar-refractivity contribution >= 4 is 17.0 Å². The van der Waals surface area contributed by atoms with Gasteiger partial charge >= 0.3 is 0 Å². The number of aromatic amines is 1. The monoisotopic (exact) mass is 322 g/mol. The molecule has 0 unspecified atom stereocenters. The molecule has 0 saturated carbocycles. The van der Waals surface area contributed by atoms with Gasteiger partial charge in [0.15, 0.2) is 11.3 Å². The fraction of sp³-hybridized carbons (Fsp3) is 0.133. The normalized spacial score (nSPS) is 11.0. The third-order valence-corrected chi connectivity index (χ3v) is 3.67. The number of nitrogen functional groups attached to an aromatic ring is 1. The average Bonchev–Trinajstić information content (AvgIpc) is 3.24. The molecule has 4 rings (SSSR count). The minimum absolute atomic E-state index is 0.338. The van der Waals surface area contributed by atoms with Gasteiger partial charge in [-0.3, -0.25) is 0 Å². The van der Waals surface area contributed by atoms with Crippen LogP contribution in [0.1, 0.15) is 11.1 Å². The van der Waals surface area contributed by atoms with Crippen molar-refractivity contribution in [1.29, 1.82) is 0 Å². The predicted molar refractivity (Wildman–Crippen MR) is 86.5 cm³/mol. The Hall–Kier alpha value is -3.49. The van der Waals surface area contributed by atoms with Crippen LogP contribution in [0.3, 0.4) is 0 Å². The van der Waals surface area contributed by atoms with Crippen LogP contribution in [0.2, 0.25) is 0 Å². The van der Waals surface area contributed by atoms with Gasteiger partial charge in [0, 0.05) is 6.07 Å². The number of aromatic nitrogens is 7. The molecule has 0 aliphatic rings. The SMILES string of the molecule is Cc1cc(-n2cncn2)ccc1COc1cc(N)nc2n[nH]nc12. The molecule has 0 radical (unpaired) electrons. The average molecular weight is 322 g/mol. The molecule has 9 nitrogen and oxygen atoms in total. The van der Waals surface area contributed by atoms with Crippen LogP contribution in [0, 0.1) is 6.92 Å². The molecule has 24 heavy (non-hydrogen) atoms. The van der Waals surface area contributed by atoms with Gasteiger partial charge in [-0.2, -0.15) is 15.4 Å². The number of pyridine rings is 1. The largest absolute Gasteiger partial charge is 0.486 e. The molecule has 3 aromatic heterocycles. The summed E-state index contributed by atoms with van der Waals surface area (Å²) in [6, 6.07) is 7.63. The highest BCUT2D eigenvalue weighted by molar-refractivity contribution is 5.78. The van der Waals surface area contributed by atoms with Crippen LogP contribution in [-0.2, 0) is 6.61 Å².